The second-order valence-corrected chi connectivity index (χ2v) is 16.1. The number of fused-ring (bicyclic) bond motifs is 5. The van der Waals surface area contributed by atoms with Gasteiger partial charge in [0.25, 0.3) is 0 Å². The number of cyclic esters (lactones) is 1. The second-order valence-electron chi connectivity index (χ2n) is 16.1. The Morgan fingerprint density at radius 3 is 2.37 bits per heavy atom. The van der Waals surface area contributed by atoms with Crippen molar-refractivity contribution in [2.24, 2.45) is 28.6 Å². The molecule has 7 N–H and O–H groups in total. The fourth-order valence-electron chi connectivity index (χ4n) is 11.3. The Morgan fingerprint density at radius 2 is 1.69 bits per heavy atom. The summed E-state index contributed by atoms with van der Waals surface area (Å²) < 4.78 is 28.9. The van der Waals surface area contributed by atoms with E-state index in [1.165, 1.54) is 0 Å². The van der Waals surface area contributed by atoms with Gasteiger partial charge in [0.2, 0.25) is 0 Å². The molecule has 0 radical (unpaired) electrons. The van der Waals surface area contributed by atoms with Crippen molar-refractivity contribution in [3.63, 3.8) is 0 Å². The van der Waals surface area contributed by atoms with Gasteiger partial charge in [0.1, 0.15) is 43.4 Å². The predicted molar refractivity (Wildman–Crippen MR) is 166 cm³/mol. The van der Waals surface area contributed by atoms with Crippen LogP contribution in [0.2, 0.25) is 0 Å². The van der Waals surface area contributed by atoms with E-state index in [-0.39, 0.29) is 43.2 Å². The van der Waals surface area contributed by atoms with Crippen molar-refractivity contribution in [1.82, 2.24) is 0 Å². The molecule has 6 fully saturated rings. The van der Waals surface area contributed by atoms with Crippen molar-refractivity contribution in [2.45, 2.75) is 151 Å². The van der Waals surface area contributed by atoms with Crippen molar-refractivity contribution in [3.05, 3.63) is 11.6 Å². The Labute approximate surface area is 285 Å². The third kappa shape index (κ3) is 5.47. The normalized spacial score (nSPS) is 54.3. The van der Waals surface area contributed by atoms with Crippen LogP contribution in [0.15, 0.2) is 11.6 Å². The number of rotatable bonds is 7. The van der Waals surface area contributed by atoms with Crippen LogP contribution in [0.5, 0.6) is 0 Å². The van der Waals surface area contributed by atoms with Crippen LogP contribution in [0.25, 0.3) is 0 Å². The molecule has 1 unspecified atom stereocenters. The lowest BCUT2D eigenvalue weighted by atomic mass is 9.41. The molecular formula is C35H52O14. The average molecular weight is 697 g/mol. The predicted octanol–water partition coefficient (Wildman–Crippen LogP) is -0.397. The third-order valence-electron chi connectivity index (χ3n) is 14.0. The first-order valence-electron chi connectivity index (χ1n) is 17.9. The van der Waals surface area contributed by atoms with Crippen LogP contribution in [0.1, 0.15) is 78.1 Å². The first-order chi connectivity index (χ1) is 23.2. The van der Waals surface area contributed by atoms with Gasteiger partial charge in [-0.2, -0.15) is 0 Å². The lowest BCUT2D eigenvalue weighted by Crippen LogP contribution is -2.69. The van der Waals surface area contributed by atoms with Gasteiger partial charge in [0, 0.05) is 24.3 Å². The molecule has 0 bridgehead atoms. The maximum atomic E-state index is 13.2. The van der Waals surface area contributed by atoms with E-state index in [9.17, 15) is 45.3 Å². The van der Waals surface area contributed by atoms with Gasteiger partial charge in [-0.15, -0.1) is 0 Å². The average Bonchev–Trinajstić information content (AvgIpc) is 3.61. The van der Waals surface area contributed by atoms with E-state index in [0.29, 0.717) is 44.9 Å². The molecule has 0 aromatic rings. The lowest BCUT2D eigenvalue weighted by molar-refractivity contribution is -0.345. The molecule has 14 heteroatoms. The largest absolute Gasteiger partial charge is 0.458 e. The summed E-state index contributed by atoms with van der Waals surface area (Å²) in [6.07, 6.45) is -4.38. The Hall–Kier alpha value is -1.56. The molecule has 7 rings (SSSR count). The molecule has 3 heterocycles. The van der Waals surface area contributed by atoms with Crippen LogP contribution in [0, 0.1) is 28.6 Å². The number of esters is 1. The van der Waals surface area contributed by atoms with Crippen LogP contribution < -0.4 is 0 Å². The van der Waals surface area contributed by atoms with E-state index < -0.39 is 90.1 Å². The second kappa shape index (κ2) is 12.8. The number of aliphatic hydroxyl groups is 7. The van der Waals surface area contributed by atoms with Crippen molar-refractivity contribution in [1.29, 1.82) is 0 Å². The van der Waals surface area contributed by atoms with Crippen molar-refractivity contribution in [3.8, 4) is 0 Å². The van der Waals surface area contributed by atoms with Crippen LogP contribution in [-0.4, -0.2) is 134 Å². The summed E-state index contributed by atoms with van der Waals surface area (Å²) in [6, 6.07) is 0. The summed E-state index contributed by atoms with van der Waals surface area (Å²) in [5.41, 5.74) is -2.94. The molecule has 276 valence electrons. The first kappa shape index (κ1) is 35.8. The number of carbonyl (C=O) groups is 2. The smallest absolute Gasteiger partial charge is 0.331 e. The van der Waals surface area contributed by atoms with Gasteiger partial charge in [0.05, 0.1) is 41.5 Å². The van der Waals surface area contributed by atoms with Crippen LogP contribution in [-0.2, 0) is 33.3 Å². The SMILES string of the molecule is C[C@H]1OC(O[C@H]2CC[C@]3(C=O)[C@H]4CC[C@]5(C)[C@@H](C6=CC(=O)OC6)CC[C@]5(O)[C@@H]4CC[C@]3(O)C2)C[C@H](O)[C@@H]1O[C@@H]1O[C@H](CO)[C@@H](O)[C@H](O)[C@H]1O. The van der Waals surface area contributed by atoms with Gasteiger partial charge in [-0.25, -0.2) is 4.79 Å². The summed E-state index contributed by atoms with van der Waals surface area (Å²) in [6.45, 7) is 3.42. The highest BCUT2D eigenvalue weighted by Crippen LogP contribution is 2.70. The molecule has 4 saturated carbocycles. The number of hydrogen-bond donors (Lipinski definition) is 7. The summed E-state index contributed by atoms with van der Waals surface area (Å²) in [5, 5.41) is 75.9. The third-order valence-corrected chi connectivity index (χ3v) is 14.0. The number of aldehydes is 1. The number of carbonyl (C=O) groups excluding carboxylic acids is 2. The number of ether oxygens (including phenoxy) is 5. The number of aliphatic hydroxyl groups excluding tert-OH is 5. The molecule has 2 saturated heterocycles. The molecule has 0 amide bonds. The van der Waals surface area contributed by atoms with Crippen LogP contribution >= 0.6 is 0 Å². The molecule has 17 atom stereocenters. The van der Waals surface area contributed by atoms with Gasteiger partial charge < -0.3 is 64.2 Å². The molecular weight excluding hydrogens is 644 g/mol. The first-order valence-corrected chi connectivity index (χ1v) is 17.9. The van der Waals surface area contributed by atoms with Gasteiger partial charge >= 0.3 is 5.97 Å². The van der Waals surface area contributed by atoms with Crippen LogP contribution in [0.3, 0.4) is 0 Å². The fourth-order valence-corrected chi connectivity index (χ4v) is 11.3. The molecule has 0 aromatic carbocycles. The Balaban J connectivity index is 1.00. The van der Waals surface area contributed by atoms with E-state index in [0.717, 1.165) is 18.3 Å². The monoisotopic (exact) mass is 696 g/mol. The molecule has 4 aliphatic carbocycles. The van der Waals surface area contributed by atoms with E-state index in [1.807, 2.05) is 0 Å². The quantitative estimate of drug-likeness (QED) is 0.102. The van der Waals surface area contributed by atoms with Crippen molar-refractivity contribution < 1.29 is 69.0 Å². The van der Waals surface area contributed by atoms with Gasteiger partial charge in [0.15, 0.2) is 12.6 Å². The van der Waals surface area contributed by atoms with E-state index >= 15 is 0 Å². The van der Waals surface area contributed by atoms with E-state index in [2.05, 4.69) is 6.92 Å². The van der Waals surface area contributed by atoms with E-state index in [1.54, 1.807) is 13.0 Å². The minimum Gasteiger partial charge on any atom is -0.458 e. The Morgan fingerprint density at radius 1 is 0.939 bits per heavy atom. The van der Waals surface area contributed by atoms with Gasteiger partial charge in [-0.3, -0.25) is 0 Å². The summed E-state index contributed by atoms with van der Waals surface area (Å²) in [5.74, 6) is -0.688. The Kier molecular flexibility index (Phi) is 9.38. The number of hydrogen-bond acceptors (Lipinski definition) is 14. The van der Waals surface area contributed by atoms with Crippen LogP contribution in [0.4, 0.5) is 0 Å². The maximum Gasteiger partial charge on any atom is 0.331 e. The molecule has 7 aliphatic rings. The molecule has 3 aliphatic heterocycles. The fraction of sp³-hybridized carbons (Fsp3) is 0.886. The zero-order valence-corrected chi connectivity index (χ0v) is 28.1. The molecule has 14 nitrogen and oxygen atoms in total. The highest BCUT2D eigenvalue weighted by atomic mass is 16.7. The topological polar surface area (TPSA) is 222 Å². The molecule has 0 spiro atoms. The zero-order valence-electron chi connectivity index (χ0n) is 28.1. The zero-order chi connectivity index (χ0) is 35.1. The van der Waals surface area contributed by atoms with Crippen molar-refractivity contribution >= 4 is 12.3 Å². The van der Waals surface area contributed by atoms with Crippen molar-refractivity contribution in [2.75, 3.05) is 13.2 Å². The summed E-state index contributed by atoms with van der Waals surface area (Å²) in [4.78, 5) is 25.0. The van der Waals surface area contributed by atoms with Gasteiger partial charge in [-0.05, 0) is 81.6 Å². The van der Waals surface area contributed by atoms with Gasteiger partial charge in [-0.1, -0.05) is 6.92 Å². The minimum atomic E-state index is -1.62. The van der Waals surface area contributed by atoms with E-state index in [4.69, 9.17) is 23.7 Å². The highest BCUT2D eigenvalue weighted by Gasteiger charge is 2.71. The molecule has 49 heavy (non-hydrogen) atoms. The Bertz CT molecular complexity index is 1300. The molecule has 0 aromatic heterocycles. The highest BCUT2D eigenvalue weighted by molar-refractivity contribution is 5.85. The lowest BCUT2D eigenvalue weighted by Gasteiger charge is -2.65. The minimum absolute atomic E-state index is 0.00470. The standard InChI is InChI=1S/C35H52O14/c1-17-30(49-31-29(42)28(41)27(40)24(14-36)48-31)23(38)12-26(46-17)47-19-3-8-33(16-37)21-4-7-32(2)20(18-11-25(39)45-15-18)6-10-35(32,44)22(21)5-9-34(33,43)13-19/h11,16-17,19-24,26-31,36,38,40-44H,3-10,12-15H2,1-2H3/t17-,19+,20-,21+,22-,23+,24-,26?,27-,28+,29-,30-,31+,32-,33+,34+,35+/m1/s1. The summed E-state index contributed by atoms with van der Waals surface area (Å²) >= 11 is 0. The summed E-state index contributed by atoms with van der Waals surface area (Å²) in [7, 11) is 0. The maximum absolute atomic E-state index is 13.2.